The highest BCUT2D eigenvalue weighted by Gasteiger charge is 2.25. The number of carbonyl (C=O) groups is 1. The van der Waals surface area contributed by atoms with E-state index >= 15 is 0 Å². The molecule has 0 bridgehead atoms. The van der Waals surface area contributed by atoms with Gasteiger partial charge in [0.05, 0.1) is 6.26 Å². The first-order valence-corrected chi connectivity index (χ1v) is 9.96. The number of likely N-dealkylation sites (N-methyl/N-ethyl adjacent to an activating group) is 1. The van der Waals surface area contributed by atoms with Crippen molar-refractivity contribution in [3.8, 4) is 0 Å². The van der Waals surface area contributed by atoms with Crippen LogP contribution in [0.3, 0.4) is 0 Å². The van der Waals surface area contributed by atoms with Crippen LogP contribution >= 0.6 is 0 Å². The summed E-state index contributed by atoms with van der Waals surface area (Å²) in [5.74, 6) is 0. The van der Waals surface area contributed by atoms with E-state index in [0.29, 0.717) is 19.6 Å². The van der Waals surface area contributed by atoms with Crippen LogP contribution in [0.15, 0.2) is 0 Å². The number of piperidine rings is 1. The molecule has 1 saturated heterocycles. The Morgan fingerprint density at radius 3 is 2.57 bits per heavy atom. The van der Waals surface area contributed by atoms with Crippen LogP contribution in [0.4, 0.5) is 4.79 Å². The van der Waals surface area contributed by atoms with E-state index in [2.05, 4.69) is 10.2 Å². The van der Waals surface area contributed by atoms with Gasteiger partial charge in [0.1, 0.15) is 5.60 Å². The molecule has 0 saturated carbocycles. The lowest BCUT2D eigenvalue weighted by atomic mass is 10.0. The molecule has 0 spiro atoms. The SMILES string of the molecule is CN(CCN1CCCC[C@H]1CNC(=O)OC(C)(C)C)S(C)(=O)=O. The Labute approximate surface area is 140 Å². The fourth-order valence-electron chi connectivity index (χ4n) is 2.54. The third-order valence-electron chi connectivity index (χ3n) is 3.90. The van der Waals surface area contributed by atoms with Gasteiger partial charge in [-0.15, -0.1) is 0 Å². The van der Waals surface area contributed by atoms with Gasteiger partial charge in [-0.2, -0.15) is 0 Å². The van der Waals surface area contributed by atoms with E-state index < -0.39 is 21.7 Å². The number of hydrogen-bond donors (Lipinski definition) is 1. The molecule has 7 nitrogen and oxygen atoms in total. The second kappa shape index (κ2) is 8.30. The van der Waals surface area contributed by atoms with Crippen LogP contribution < -0.4 is 5.32 Å². The molecule has 0 unspecified atom stereocenters. The summed E-state index contributed by atoms with van der Waals surface area (Å²) in [5, 5.41) is 2.82. The van der Waals surface area contributed by atoms with Gasteiger partial charge < -0.3 is 10.1 Å². The van der Waals surface area contributed by atoms with Crippen molar-refractivity contribution >= 4 is 16.1 Å². The topological polar surface area (TPSA) is 79.0 Å². The molecule has 1 amide bonds. The summed E-state index contributed by atoms with van der Waals surface area (Å²) in [5.41, 5.74) is -0.505. The zero-order chi connectivity index (χ0) is 17.7. The quantitative estimate of drug-likeness (QED) is 0.781. The minimum absolute atomic E-state index is 0.226. The fraction of sp³-hybridized carbons (Fsp3) is 0.933. The third-order valence-corrected chi connectivity index (χ3v) is 5.21. The van der Waals surface area contributed by atoms with Crippen molar-refractivity contribution in [2.75, 3.05) is 39.5 Å². The molecule has 136 valence electrons. The lowest BCUT2D eigenvalue weighted by molar-refractivity contribution is 0.0494. The lowest BCUT2D eigenvalue weighted by Crippen LogP contribution is -2.49. The number of sulfonamides is 1. The molecule has 8 heteroatoms. The van der Waals surface area contributed by atoms with E-state index in [1.54, 1.807) is 7.05 Å². The number of nitrogens with zero attached hydrogens (tertiary/aromatic N) is 2. The number of rotatable bonds is 6. The lowest BCUT2D eigenvalue weighted by Gasteiger charge is -2.36. The van der Waals surface area contributed by atoms with Crippen LogP contribution in [0.5, 0.6) is 0 Å². The molecule has 1 aliphatic rings. The number of alkyl carbamates (subject to hydrolysis) is 1. The smallest absolute Gasteiger partial charge is 0.407 e. The van der Waals surface area contributed by atoms with Crippen LogP contribution in [0, 0.1) is 0 Å². The molecule has 0 radical (unpaired) electrons. The van der Waals surface area contributed by atoms with Crippen LogP contribution in [0.1, 0.15) is 40.0 Å². The first kappa shape index (κ1) is 20.2. The highest BCUT2D eigenvalue weighted by molar-refractivity contribution is 7.88. The first-order chi connectivity index (χ1) is 10.5. The van der Waals surface area contributed by atoms with Crippen LogP contribution in [-0.2, 0) is 14.8 Å². The van der Waals surface area contributed by atoms with Gasteiger partial charge in [-0.05, 0) is 40.2 Å². The van der Waals surface area contributed by atoms with E-state index in [1.807, 2.05) is 20.8 Å². The second-order valence-corrected chi connectivity index (χ2v) is 9.24. The largest absolute Gasteiger partial charge is 0.444 e. The van der Waals surface area contributed by atoms with E-state index in [9.17, 15) is 13.2 Å². The average molecular weight is 349 g/mol. The van der Waals surface area contributed by atoms with Gasteiger partial charge in [0.25, 0.3) is 0 Å². The Morgan fingerprint density at radius 2 is 2.00 bits per heavy atom. The van der Waals surface area contributed by atoms with Gasteiger partial charge in [-0.25, -0.2) is 17.5 Å². The van der Waals surface area contributed by atoms with Crippen molar-refractivity contribution in [1.29, 1.82) is 0 Å². The Bertz CT molecular complexity index is 487. The first-order valence-electron chi connectivity index (χ1n) is 8.11. The van der Waals surface area contributed by atoms with E-state index in [4.69, 9.17) is 4.74 Å². The zero-order valence-corrected chi connectivity index (χ0v) is 15.8. The van der Waals surface area contributed by atoms with Gasteiger partial charge in [-0.3, -0.25) is 4.90 Å². The van der Waals surface area contributed by atoms with Crippen molar-refractivity contribution in [3.63, 3.8) is 0 Å². The molecule has 1 rings (SSSR count). The van der Waals surface area contributed by atoms with Gasteiger partial charge in [0, 0.05) is 32.7 Å². The summed E-state index contributed by atoms with van der Waals surface area (Å²) < 4.78 is 29.5. The third kappa shape index (κ3) is 7.99. The number of ether oxygens (including phenoxy) is 1. The predicted molar refractivity (Wildman–Crippen MR) is 90.9 cm³/mol. The predicted octanol–water partition coefficient (Wildman–Crippen LogP) is 1.26. The molecule has 1 N–H and O–H groups in total. The Kier molecular flexibility index (Phi) is 7.29. The number of nitrogens with one attached hydrogen (secondary N) is 1. The van der Waals surface area contributed by atoms with Crippen molar-refractivity contribution in [3.05, 3.63) is 0 Å². The second-order valence-electron chi connectivity index (χ2n) is 7.15. The maximum absolute atomic E-state index is 11.8. The summed E-state index contributed by atoms with van der Waals surface area (Å²) in [7, 11) is -1.56. The maximum atomic E-state index is 11.8. The molecular formula is C15H31N3O4S. The van der Waals surface area contributed by atoms with E-state index in [-0.39, 0.29) is 6.04 Å². The molecule has 0 aromatic carbocycles. The van der Waals surface area contributed by atoms with Crippen LogP contribution in [0.25, 0.3) is 0 Å². The number of carbonyl (C=O) groups excluding carboxylic acids is 1. The van der Waals surface area contributed by atoms with Gasteiger partial charge >= 0.3 is 6.09 Å². The molecule has 0 aromatic rings. The summed E-state index contributed by atoms with van der Waals surface area (Å²) in [4.78, 5) is 14.0. The Hall–Kier alpha value is -0.860. The normalized spacial score (nSPS) is 20.5. The highest BCUT2D eigenvalue weighted by Crippen LogP contribution is 2.16. The van der Waals surface area contributed by atoms with Crippen molar-refractivity contribution in [1.82, 2.24) is 14.5 Å². The summed E-state index contributed by atoms with van der Waals surface area (Å²) in [6.07, 6.45) is 4.03. The van der Waals surface area contributed by atoms with Gasteiger partial charge in [0.2, 0.25) is 10.0 Å². The number of amides is 1. The number of hydrogen-bond acceptors (Lipinski definition) is 5. The highest BCUT2D eigenvalue weighted by atomic mass is 32.2. The minimum atomic E-state index is -3.15. The molecule has 1 aliphatic heterocycles. The molecular weight excluding hydrogens is 318 g/mol. The van der Waals surface area contributed by atoms with Crippen molar-refractivity contribution in [2.24, 2.45) is 0 Å². The van der Waals surface area contributed by atoms with Crippen molar-refractivity contribution < 1.29 is 17.9 Å². The molecule has 0 aromatic heterocycles. The van der Waals surface area contributed by atoms with Crippen molar-refractivity contribution in [2.45, 2.75) is 51.7 Å². The Balaban J connectivity index is 2.47. The van der Waals surface area contributed by atoms with Gasteiger partial charge in [0.15, 0.2) is 0 Å². The monoisotopic (exact) mass is 349 g/mol. The maximum Gasteiger partial charge on any atom is 0.407 e. The number of likely N-dealkylation sites (tertiary alicyclic amines) is 1. The molecule has 23 heavy (non-hydrogen) atoms. The van der Waals surface area contributed by atoms with Crippen LogP contribution in [-0.4, -0.2) is 74.8 Å². The van der Waals surface area contributed by atoms with E-state index in [1.165, 1.54) is 10.6 Å². The molecule has 1 fully saturated rings. The zero-order valence-electron chi connectivity index (χ0n) is 15.0. The summed E-state index contributed by atoms with van der Waals surface area (Å²) in [6, 6.07) is 0.226. The minimum Gasteiger partial charge on any atom is -0.444 e. The Morgan fingerprint density at radius 1 is 1.35 bits per heavy atom. The van der Waals surface area contributed by atoms with E-state index in [0.717, 1.165) is 25.8 Å². The van der Waals surface area contributed by atoms with Gasteiger partial charge in [-0.1, -0.05) is 6.42 Å². The average Bonchev–Trinajstić information content (AvgIpc) is 2.40. The molecule has 1 heterocycles. The fourth-order valence-corrected chi connectivity index (χ4v) is 2.95. The standard InChI is InChI=1S/C15H31N3O4S/c1-15(2,3)22-14(19)16-12-13-8-6-7-9-18(13)11-10-17(4)23(5,20)21/h13H,6-12H2,1-5H3,(H,16,19)/t13-/m0/s1. The molecule has 0 aliphatic carbocycles. The summed E-state index contributed by atoms with van der Waals surface area (Å²) >= 11 is 0. The summed E-state index contributed by atoms with van der Waals surface area (Å²) in [6.45, 7) is 8.09. The van der Waals surface area contributed by atoms with Crippen LogP contribution in [0.2, 0.25) is 0 Å². The molecule has 1 atom stereocenters.